The lowest BCUT2D eigenvalue weighted by Gasteiger charge is -2.05. The quantitative estimate of drug-likeness (QED) is 0.411. The topological polar surface area (TPSA) is 60.2 Å². The number of hydrazine groups is 1. The van der Waals surface area contributed by atoms with Crippen LogP contribution >= 0.6 is 0 Å². The highest BCUT2D eigenvalue weighted by Gasteiger charge is 1.95. The number of nitrogens with one attached hydrogen (secondary N) is 1. The van der Waals surface area contributed by atoms with Gasteiger partial charge in [-0.15, -0.1) is 0 Å². The lowest BCUT2D eigenvalue weighted by molar-refractivity contribution is 0.309. The molecular formula is C9H15N3O. The van der Waals surface area contributed by atoms with Crippen molar-refractivity contribution in [1.29, 1.82) is 0 Å². The van der Waals surface area contributed by atoms with Crippen LogP contribution < -0.4 is 16.0 Å². The van der Waals surface area contributed by atoms with Crippen LogP contribution in [0, 0.1) is 0 Å². The summed E-state index contributed by atoms with van der Waals surface area (Å²) in [5, 5.41) is 0. The molecule has 0 radical (unpaired) electrons. The van der Waals surface area contributed by atoms with E-state index in [1.807, 2.05) is 6.07 Å². The Bertz CT molecular complexity index is 252. The van der Waals surface area contributed by atoms with E-state index in [2.05, 4.69) is 17.3 Å². The van der Waals surface area contributed by atoms with Gasteiger partial charge in [-0.3, -0.25) is 0 Å². The molecule has 0 aliphatic rings. The number of anilines is 1. The number of pyridine rings is 1. The van der Waals surface area contributed by atoms with E-state index in [-0.39, 0.29) is 0 Å². The van der Waals surface area contributed by atoms with Crippen LogP contribution in [-0.4, -0.2) is 11.6 Å². The third kappa shape index (κ3) is 3.29. The summed E-state index contributed by atoms with van der Waals surface area (Å²) in [6, 6.07) is 3.59. The molecule has 3 N–H and O–H groups in total. The number of rotatable bonds is 5. The van der Waals surface area contributed by atoms with Crippen molar-refractivity contribution in [3.8, 4) is 5.75 Å². The van der Waals surface area contributed by atoms with Crippen LogP contribution in [0.5, 0.6) is 5.75 Å². The van der Waals surface area contributed by atoms with E-state index in [1.54, 1.807) is 12.3 Å². The smallest absolute Gasteiger partial charge is 0.143 e. The van der Waals surface area contributed by atoms with Crippen molar-refractivity contribution < 1.29 is 4.74 Å². The second-order valence-corrected chi connectivity index (χ2v) is 2.72. The monoisotopic (exact) mass is 181 g/mol. The highest BCUT2D eigenvalue weighted by atomic mass is 16.5. The maximum Gasteiger partial charge on any atom is 0.143 e. The number of aromatic nitrogens is 1. The minimum atomic E-state index is 0.619. The van der Waals surface area contributed by atoms with Crippen molar-refractivity contribution in [2.24, 2.45) is 5.84 Å². The third-order valence-corrected chi connectivity index (χ3v) is 1.65. The summed E-state index contributed by atoms with van der Waals surface area (Å²) in [6.45, 7) is 2.87. The van der Waals surface area contributed by atoms with Gasteiger partial charge in [-0.1, -0.05) is 13.3 Å². The Morgan fingerprint density at radius 1 is 1.62 bits per heavy atom. The molecule has 0 saturated heterocycles. The minimum Gasteiger partial charge on any atom is -0.493 e. The summed E-state index contributed by atoms with van der Waals surface area (Å²) in [7, 11) is 0. The van der Waals surface area contributed by atoms with Crippen LogP contribution in [0.4, 0.5) is 5.82 Å². The Balaban J connectivity index is 2.46. The van der Waals surface area contributed by atoms with Crippen LogP contribution in [-0.2, 0) is 0 Å². The summed E-state index contributed by atoms with van der Waals surface area (Å²) in [5.74, 6) is 6.63. The first-order valence-corrected chi connectivity index (χ1v) is 4.42. The van der Waals surface area contributed by atoms with Crippen LogP contribution in [0.3, 0.4) is 0 Å². The van der Waals surface area contributed by atoms with E-state index in [0.29, 0.717) is 5.82 Å². The van der Waals surface area contributed by atoms with Crippen molar-refractivity contribution in [2.45, 2.75) is 19.8 Å². The van der Waals surface area contributed by atoms with Crippen LogP contribution in [0.2, 0.25) is 0 Å². The van der Waals surface area contributed by atoms with Crippen LogP contribution in [0.15, 0.2) is 18.3 Å². The third-order valence-electron chi connectivity index (χ3n) is 1.65. The summed E-state index contributed by atoms with van der Waals surface area (Å²) in [5.41, 5.74) is 2.47. The summed E-state index contributed by atoms with van der Waals surface area (Å²) < 4.78 is 5.45. The molecular weight excluding hydrogens is 166 g/mol. The van der Waals surface area contributed by atoms with Crippen molar-refractivity contribution in [3.63, 3.8) is 0 Å². The molecule has 0 fully saturated rings. The fraction of sp³-hybridized carbons (Fsp3) is 0.444. The van der Waals surface area contributed by atoms with Gasteiger partial charge < -0.3 is 10.2 Å². The molecule has 0 aromatic carbocycles. The number of unbranched alkanes of at least 4 members (excludes halogenated alkanes) is 1. The molecule has 1 heterocycles. The molecule has 72 valence electrons. The molecule has 0 aliphatic carbocycles. The molecule has 1 aromatic heterocycles. The van der Waals surface area contributed by atoms with Crippen LogP contribution in [0.25, 0.3) is 0 Å². The molecule has 0 atom stereocenters. The second kappa shape index (κ2) is 5.37. The van der Waals surface area contributed by atoms with E-state index in [1.165, 1.54) is 0 Å². The SMILES string of the molecule is CCCCOc1ccnc(NN)c1. The van der Waals surface area contributed by atoms with E-state index in [0.717, 1.165) is 25.2 Å². The van der Waals surface area contributed by atoms with Crippen molar-refractivity contribution in [3.05, 3.63) is 18.3 Å². The van der Waals surface area contributed by atoms with Gasteiger partial charge in [0.1, 0.15) is 11.6 Å². The molecule has 0 amide bonds. The zero-order chi connectivity index (χ0) is 9.52. The zero-order valence-electron chi connectivity index (χ0n) is 7.79. The number of nitrogens with zero attached hydrogens (tertiary/aromatic N) is 1. The van der Waals surface area contributed by atoms with E-state index < -0.39 is 0 Å². The zero-order valence-corrected chi connectivity index (χ0v) is 7.79. The predicted molar refractivity (Wildman–Crippen MR) is 52.5 cm³/mol. The minimum absolute atomic E-state index is 0.619. The largest absolute Gasteiger partial charge is 0.493 e. The van der Waals surface area contributed by atoms with E-state index in [9.17, 15) is 0 Å². The summed E-state index contributed by atoms with van der Waals surface area (Å²) >= 11 is 0. The molecule has 0 unspecified atom stereocenters. The molecule has 0 spiro atoms. The lowest BCUT2D eigenvalue weighted by atomic mass is 10.3. The van der Waals surface area contributed by atoms with Gasteiger partial charge in [0, 0.05) is 12.3 Å². The number of hydrogen-bond donors (Lipinski definition) is 2. The van der Waals surface area contributed by atoms with Gasteiger partial charge in [0.15, 0.2) is 0 Å². The first kappa shape index (κ1) is 9.80. The molecule has 13 heavy (non-hydrogen) atoms. The molecule has 0 saturated carbocycles. The Morgan fingerprint density at radius 3 is 3.15 bits per heavy atom. The van der Waals surface area contributed by atoms with Gasteiger partial charge in [0.2, 0.25) is 0 Å². The molecule has 4 heteroatoms. The average molecular weight is 181 g/mol. The first-order chi connectivity index (χ1) is 6.36. The summed E-state index contributed by atoms with van der Waals surface area (Å²) in [6.07, 6.45) is 3.86. The van der Waals surface area contributed by atoms with Gasteiger partial charge in [0.05, 0.1) is 6.61 Å². The predicted octanol–water partition coefficient (Wildman–Crippen LogP) is 1.55. The fourth-order valence-electron chi connectivity index (χ4n) is 0.914. The normalized spacial score (nSPS) is 9.69. The average Bonchev–Trinajstić information content (AvgIpc) is 2.19. The lowest BCUT2D eigenvalue weighted by Crippen LogP contribution is -2.08. The standard InChI is InChI=1S/C9H15N3O/c1-2-3-6-13-8-4-5-11-9(7-8)12-10/h4-5,7H,2-3,6,10H2,1H3,(H,11,12). The Labute approximate surface area is 78.1 Å². The van der Waals surface area contributed by atoms with Gasteiger partial charge in [-0.05, 0) is 12.5 Å². The molecule has 1 rings (SSSR count). The van der Waals surface area contributed by atoms with Gasteiger partial charge in [-0.2, -0.15) is 0 Å². The van der Waals surface area contributed by atoms with Gasteiger partial charge >= 0.3 is 0 Å². The van der Waals surface area contributed by atoms with Crippen molar-refractivity contribution in [1.82, 2.24) is 4.98 Å². The van der Waals surface area contributed by atoms with Crippen molar-refractivity contribution >= 4 is 5.82 Å². The Kier molecular flexibility index (Phi) is 4.05. The number of nitrogens with two attached hydrogens (primary N) is 1. The Morgan fingerprint density at radius 2 is 2.46 bits per heavy atom. The van der Waals surface area contributed by atoms with E-state index >= 15 is 0 Å². The molecule has 0 bridgehead atoms. The molecule has 1 aromatic rings. The number of ether oxygens (including phenoxy) is 1. The summed E-state index contributed by atoms with van der Waals surface area (Å²) in [4.78, 5) is 3.97. The fourth-order valence-corrected chi connectivity index (χ4v) is 0.914. The maximum absolute atomic E-state index is 5.45. The van der Waals surface area contributed by atoms with Crippen molar-refractivity contribution in [2.75, 3.05) is 12.0 Å². The maximum atomic E-state index is 5.45. The van der Waals surface area contributed by atoms with Crippen LogP contribution in [0.1, 0.15) is 19.8 Å². The highest BCUT2D eigenvalue weighted by Crippen LogP contribution is 2.13. The Hall–Kier alpha value is -1.29. The molecule has 4 nitrogen and oxygen atoms in total. The molecule has 0 aliphatic heterocycles. The first-order valence-electron chi connectivity index (χ1n) is 4.42. The van der Waals surface area contributed by atoms with Gasteiger partial charge in [0.25, 0.3) is 0 Å². The van der Waals surface area contributed by atoms with E-state index in [4.69, 9.17) is 10.6 Å². The second-order valence-electron chi connectivity index (χ2n) is 2.72. The highest BCUT2D eigenvalue weighted by molar-refractivity contribution is 5.39. The number of nitrogen functional groups attached to an aromatic ring is 1. The van der Waals surface area contributed by atoms with Gasteiger partial charge in [-0.25, -0.2) is 10.8 Å². The number of hydrogen-bond acceptors (Lipinski definition) is 4.